The quantitative estimate of drug-likeness (QED) is 0.516. The topological polar surface area (TPSA) is 17.8 Å². The van der Waals surface area contributed by atoms with Crippen molar-refractivity contribution in [1.29, 1.82) is 0 Å². The van der Waals surface area contributed by atoms with Gasteiger partial charge in [0.2, 0.25) is 0 Å². The van der Waals surface area contributed by atoms with Crippen molar-refractivity contribution < 1.29 is 4.39 Å². The van der Waals surface area contributed by atoms with E-state index in [1.54, 1.807) is 12.3 Å². The molecule has 22 heavy (non-hydrogen) atoms. The van der Waals surface area contributed by atoms with Gasteiger partial charge >= 0.3 is 0 Å². The highest BCUT2D eigenvalue weighted by molar-refractivity contribution is 5.89. The monoisotopic (exact) mass is 288 g/mol. The standard InChI is InChI=1S/C19H13FN2/c20-16-9-6-10-17-15(16)13-18(14-7-2-1-3-8-14)22(17)19-11-4-5-12-21-19/h1-13H. The molecule has 0 saturated carbocycles. The van der Waals surface area contributed by atoms with Gasteiger partial charge in [-0.05, 0) is 35.9 Å². The largest absolute Gasteiger partial charge is 0.294 e. The Kier molecular flexibility index (Phi) is 2.97. The molecule has 4 rings (SSSR count). The van der Waals surface area contributed by atoms with Crippen molar-refractivity contribution in [3.05, 3.63) is 84.8 Å². The minimum absolute atomic E-state index is 0.218. The fourth-order valence-corrected chi connectivity index (χ4v) is 2.75. The highest BCUT2D eigenvalue weighted by atomic mass is 19.1. The molecule has 4 aromatic rings. The Balaban J connectivity index is 2.10. The fourth-order valence-electron chi connectivity index (χ4n) is 2.75. The van der Waals surface area contributed by atoms with Crippen molar-refractivity contribution in [2.24, 2.45) is 0 Å². The van der Waals surface area contributed by atoms with Crippen LogP contribution in [0.5, 0.6) is 0 Å². The third kappa shape index (κ3) is 1.99. The molecule has 0 bridgehead atoms. The number of pyridine rings is 1. The summed E-state index contributed by atoms with van der Waals surface area (Å²) in [5.74, 6) is 0.561. The summed E-state index contributed by atoms with van der Waals surface area (Å²) in [5.41, 5.74) is 2.78. The van der Waals surface area contributed by atoms with Crippen LogP contribution in [0.2, 0.25) is 0 Å². The van der Waals surface area contributed by atoms with Gasteiger partial charge in [0.15, 0.2) is 0 Å². The molecule has 2 heterocycles. The van der Waals surface area contributed by atoms with Gasteiger partial charge in [-0.1, -0.05) is 42.5 Å². The number of aromatic nitrogens is 2. The highest BCUT2D eigenvalue weighted by Gasteiger charge is 2.14. The number of hydrogen-bond acceptors (Lipinski definition) is 1. The van der Waals surface area contributed by atoms with E-state index in [2.05, 4.69) is 4.98 Å². The minimum atomic E-state index is -0.218. The summed E-state index contributed by atoms with van der Waals surface area (Å²) in [4.78, 5) is 4.43. The molecule has 0 unspecified atom stereocenters. The van der Waals surface area contributed by atoms with Crippen LogP contribution in [-0.2, 0) is 0 Å². The van der Waals surface area contributed by atoms with E-state index in [4.69, 9.17) is 0 Å². The predicted molar refractivity (Wildman–Crippen MR) is 86.5 cm³/mol. The van der Waals surface area contributed by atoms with Gasteiger partial charge < -0.3 is 0 Å². The Morgan fingerprint density at radius 3 is 2.41 bits per heavy atom. The second kappa shape index (κ2) is 5.11. The maximum absolute atomic E-state index is 14.2. The van der Waals surface area contributed by atoms with Crippen LogP contribution in [0.3, 0.4) is 0 Å². The molecular weight excluding hydrogens is 275 g/mol. The van der Waals surface area contributed by atoms with Crippen molar-refractivity contribution >= 4 is 10.9 Å². The van der Waals surface area contributed by atoms with Crippen molar-refractivity contribution in [1.82, 2.24) is 9.55 Å². The van der Waals surface area contributed by atoms with Gasteiger partial charge in [0.05, 0.1) is 11.2 Å². The number of fused-ring (bicyclic) bond motifs is 1. The Bertz CT molecular complexity index is 928. The molecule has 3 heteroatoms. The normalized spacial score (nSPS) is 11.0. The van der Waals surface area contributed by atoms with Crippen LogP contribution in [0.15, 0.2) is 79.0 Å². The summed E-state index contributed by atoms with van der Waals surface area (Å²) in [6.45, 7) is 0. The van der Waals surface area contributed by atoms with Gasteiger partial charge in [-0.15, -0.1) is 0 Å². The van der Waals surface area contributed by atoms with Gasteiger partial charge in [-0.25, -0.2) is 9.37 Å². The van der Waals surface area contributed by atoms with Crippen LogP contribution in [-0.4, -0.2) is 9.55 Å². The van der Waals surface area contributed by atoms with Crippen molar-refractivity contribution in [2.75, 3.05) is 0 Å². The van der Waals surface area contributed by atoms with Gasteiger partial charge in [0.25, 0.3) is 0 Å². The first-order valence-corrected chi connectivity index (χ1v) is 7.11. The molecular formula is C19H13FN2. The smallest absolute Gasteiger partial charge is 0.137 e. The lowest BCUT2D eigenvalue weighted by Gasteiger charge is -2.10. The zero-order chi connectivity index (χ0) is 14.9. The Morgan fingerprint density at radius 2 is 1.64 bits per heavy atom. The molecule has 0 aliphatic carbocycles. The van der Waals surface area contributed by atoms with E-state index in [0.717, 1.165) is 22.6 Å². The number of nitrogens with zero attached hydrogens (tertiary/aromatic N) is 2. The molecule has 2 nitrogen and oxygen atoms in total. The lowest BCUT2D eigenvalue weighted by atomic mass is 10.1. The van der Waals surface area contributed by atoms with Crippen LogP contribution in [0, 0.1) is 5.82 Å². The van der Waals surface area contributed by atoms with E-state index >= 15 is 0 Å². The SMILES string of the molecule is Fc1cccc2c1cc(-c1ccccc1)n2-c1ccccn1. The zero-order valence-corrected chi connectivity index (χ0v) is 11.8. The summed E-state index contributed by atoms with van der Waals surface area (Å²) >= 11 is 0. The van der Waals surface area contributed by atoms with E-state index in [0.29, 0.717) is 5.39 Å². The minimum Gasteiger partial charge on any atom is -0.294 e. The van der Waals surface area contributed by atoms with E-state index in [1.807, 2.05) is 65.2 Å². The first kappa shape index (κ1) is 12.8. The average Bonchev–Trinajstić information content (AvgIpc) is 2.97. The molecule has 0 aliphatic heterocycles. The molecule has 0 atom stereocenters. The molecule has 0 N–H and O–H groups in total. The molecule has 0 amide bonds. The first-order valence-electron chi connectivity index (χ1n) is 7.11. The van der Waals surface area contributed by atoms with Gasteiger partial charge in [0, 0.05) is 11.6 Å². The molecule has 106 valence electrons. The van der Waals surface area contributed by atoms with Crippen LogP contribution < -0.4 is 0 Å². The zero-order valence-electron chi connectivity index (χ0n) is 11.8. The predicted octanol–water partition coefficient (Wildman–Crippen LogP) is 4.83. The summed E-state index contributed by atoms with van der Waals surface area (Å²) in [7, 11) is 0. The van der Waals surface area contributed by atoms with Gasteiger partial charge in [0.1, 0.15) is 11.6 Å². The van der Waals surface area contributed by atoms with Gasteiger partial charge in [-0.3, -0.25) is 4.57 Å². The van der Waals surface area contributed by atoms with E-state index in [-0.39, 0.29) is 5.82 Å². The van der Waals surface area contributed by atoms with Crippen LogP contribution in [0.25, 0.3) is 28.0 Å². The van der Waals surface area contributed by atoms with Crippen molar-refractivity contribution in [3.8, 4) is 17.1 Å². The summed E-state index contributed by atoms with van der Waals surface area (Å²) in [5, 5.41) is 0.604. The molecule has 0 radical (unpaired) electrons. The van der Waals surface area contributed by atoms with Crippen molar-refractivity contribution in [2.45, 2.75) is 0 Å². The number of hydrogen-bond donors (Lipinski definition) is 0. The Hall–Kier alpha value is -2.94. The average molecular weight is 288 g/mol. The lowest BCUT2D eigenvalue weighted by molar-refractivity contribution is 0.640. The first-order chi connectivity index (χ1) is 10.8. The third-order valence-electron chi connectivity index (χ3n) is 3.74. The lowest BCUT2D eigenvalue weighted by Crippen LogP contribution is -1.98. The molecule has 2 aromatic heterocycles. The number of rotatable bonds is 2. The maximum atomic E-state index is 14.2. The molecule has 2 aromatic carbocycles. The van der Waals surface area contributed by atoms with Crippen LogP contribution in [0.1, 0.15) is 0 Å². The van der Waals surface area contributed by atoms with E-state index in [9.17, 15) is 4.39 Å². The Labute approximate surface area is 127 Å². The van der Waals surface area contributed by atoms with E-state index in [1.165, 1.54) is 6.07 Å². The number of benzene rings is 2. The summed E-state index contributed by atoms with van der Waals surface area (Å²) in [6.07, 6.45) is 1.75. The van der Waals surface area contributed by atoms with Crippen LogP contribution >= 0.6 is 0 Å². The fraction of sp³-hybridized carbons (Fsp3) is 0. The number of halogens is 1. The third-order valence-corrected chi connectivity index (χ3v) is 3.74. The molecule has 0 saturated heterocycles. The highest BCUT2D eigenvalue weighted by Crippen LogP contribution is 2.31. The van der Waals surface area contributed by atoms with Crippen LogP contribution in [0.4, 0.5) is 4.39 Å². The van der Waals surface area contributed by atoms with Gasteiger partial charge in [-0.2, -0.15) is 0 Å². The summed E-state index contributed by atoms with van der Waals surface area (Å²) < 4.78 is 16.2. The molecule has 0 spiro atoms. The molecule has 0 aliphatic rings. The molecule has 0 fully saturated rings. The summed E-state index contributed by atoms with van der Waals surface area (Å²) in [6, 6.07) is 22.7. The van der Waals surface area contributed by atoms with Crippen molar-refractivity contribution in [3.63, 3.8) is 0 Å². The van der Waals surface area contributed by atoms with E-state index < -0.39 is 0 Å². The second-order valence-corrected chi connectivity index (χ2v) is 5.09. The Morgan fingerprint density at radius 1 is 0.818 bits per heavy atom. The second-order valence-electron chi connectivity index (χ2n) is 5.09. The maximum Gasteiger partial charge on any atom is 0.137 e.